The van der Waals surface area contributed by atoms with Crippen molar-refractivity contribution in [2.24, 2.45) is 0 Å². The second kappa shape index (κ2) is 6.15. The van der Waals surface area contributed by atoms with E-state index < -0.39 is 0 Å². The Labute approximate surface area is 130 Å². The van der Waals surface area contributed by atoms with Crippen LogP contribution < -0.4 is 15.8 Å². The number of carbonyl (C=O) groups is 1. The van der Waals surface area contributed by atoms with Crippen LogP contribution in [0.25, 0.3) is 0 Å². The van der Waals surface area contributed by atoms with Gasteiger partial charge in [-0.25, -0.2) is 0 Å². The third kappa shape index (κ3) is 3.05. The summed E-state index contributed by atoms with van der Waals surface area (Å²) in [5.74, 6) is 0.324. The van der Waals surface area contributed by atoms with Crippen molar-refractivity contribution in [2.75, 3.05) is 18.2 Å². The number of halogens is 2. The number of amides is 1. The van der Waals surface area contributed by atoms with Gasteiger partial charge in [-0.15, -0.1) is 0 Å². The van der Waals surface area contributed by atoms with Crippen molar-refractivity contribution < 1.29 is 9.53 Å². The number of anilines is 2. The molecule has 0 radical (unpaired) electrons. The Balaban J connectivity index is 2.26. The number of benzene rings is 2. The van der Waals surface area contributed by atoms with E-state index >= 15 is 0 Å². The van der Waals surface area contributed by atoms with E-state index in [1.807, 2.05) is 0 Å². The molecule has 0 aliphatic heterocycles. The molecule has 0 atom stereocenters. The van der Waals surface area contributed by atoms with Gasteiger partial charge < -0.3 is 15.8 Å². The fraction of sp³-hybridized carbons (Fsp3) is 0.0714. The number of nitrogen functional groups attached to an aromatic ring is 1. The lowest BCUT2D eigenvalue weighted by Gasteiger charge is -2.10. The SMILES string of the molecule is COc1ccc(NC(=O)c2c(N)cccc2Cl)cc1Br. The van der Waals surface area contributed by atoms with Crippen molar-refractivity contribution in [2.45, 2.75) is 0 Å². The molecule has 2 rings (SSSR count). The molecule has 0 saturated heterocycles. The van der Waals surface area contributed by atoms with Crippen LogP contribution in [-0.2, 0) is 0 Å². The zero-order valence-corrected chi connectivity index (χ0v) is 13.0. The summed E-state index contributed by atoms with van der Waals surface area (Å²) in [6.45, 7) is 0. The van der Waals surface area contributed by atoms with Crippen molar-refractivity contribution in [3.8, 4) is 5.75 Å². The van der Waals surface area contributed by atoms with E-state index in [0.717, 1.165) is 4.47 Å². The Bertz CT molecular complexity index is 641. The van der Waals surface area contributed by atoms with E-state index in [-0.39, 0.29) is 11.5 Å². The number of carbonyl (C=O) groups excluding carboxylic acids is 1. The van der Waals surface area contributed by atoms with E-state index in [1.54, 1.807) is 43.5 Å². The minimum Gasteiger partial charge on any atom is -0.496 e. The molecule has 0 saturated carbocycles. The monoisotopic (exact) mass is 354 g/mol. The molecule has 6 heteroatoms. The number of methoxy groups -OCH3 is 1. The molecule has 0 bridgehead atoms. The molecular formula is C14H12BrClN2O2. The number of nitrogens with one attached hydrogen (secondary N) is 1. The smallest absolute Gasteiger partial charge is 0.259 e. The fourth-order valence-electron chi connectivity index (χ4n) is 1.72. The second-order valence-corrected chi connectivity index (χ2v) is 5.27. The quantitative estimate of drug-likeness (QED) is 0.820. The van der Waals surface area contributed by atoms with Gasteiger partial charge in [0, 0.05) is 11.4 Å². The average molecular weight is 356 g/mol. The zero-order valence-electron chi connectivity index (χ0n) is 10.6. The Morgan fingerprint density at radius 2 is 2.10 bits per heavy atom. The van der Waals surface area contributed by atoms with Crippen LogP contribution in [0.3, 0.4) is 0 Å². The molecule has 0 spiro atoms. The third-order valence-electron chi connectivity index (χ3n) is 2.68. The highest BCUT2D eigenvalue weighted by molar-refractivity contribution is 9.10. The van der Waals surface area contributed by atoms with Crippen LogP contribution >= 0.6 is 27.5 Å². The predicted molar refractivity (Wildman–Crippen MR) is 84.5 cm³/mol. The number of nitrogens with two attached hydrogens (primary N) is 1. The molecule has 0 aromatic heterocycles. The van der Waals surface area contributed by atoms with Crippen molar-refractivity contribution in [3.05, 3.63) is 51.5 Å². The summed E-state index contributed by atoms with van der Waals surface area (Å²) in [6.07, 6.45) is 0. The summed E-state index contributed by atoms with van der Waals surface area (Å²) in [5, 5.41) is 3.06. The Morgan fingerprint density at radius 3 is 2.70 bits per heavy atom. The summed E-state index contributed by atoms with van der Waals surface area (Å²) in [6, 6.07) is 10.2. The molecule has 0 heterocycles. The van der Waals surface area contributed by atoms with Crippen LogP contribution in [0.1, 0.15) is 10.4 Å². The van der Waals surface area contributed by atoms with Gasteiger partial charge in [0.05, 0.1) is 22.2 Å². The van der Waals surface area contributed by atoms with Gasteiger partial charge in [-0.05, 0) is 46.3 Å². The maximum atomic E-state index is 12.2. The molecule has 104 valence electrons. The Morgan fingerprint density at radius 1 is 1.35 bits per heavy atom. The van der Waals surface area contributed by atoms with E-state index in [1.165, 1.54) is 0 Å². The lowest BCUT2D eigenvalue weighted by Crippen LogP contribution is -2.14. The van der Waals surface area contributed by atoms with E-state index in [2.05, 4.69) is 21.2 Å². The lowest BCUT2D eigenvalue weighted by molar-refractivity contribution is 0.102. The van der Waals surface area contributed by atoms with Gasteiger partial charge in [-0.1, -0.05) is 17.7 Å². The number of ether oxygens (including phenoxy) is 1. The van der Waals surface area contributed by atoms with Gasteiger partial charge in [0.2, 0.25) is 0 Å². The minimum atomic E-state index is -0.356. The van der Waals surface area contributed by atoms with Crippen LogP contribution in [0.4, 0.5) is 11.4 Å². The highest BCUT2D eigenvalue weighted by Crippen LogP contribution is 2.29. The number of hydrogen-bond acceptors (Lipinski definition) is 3. The van der Waals surface area contributed by atoms with Crippen LogP contribution in [0.5, 0.6) is 5.75 Å². The summed E-state index contributed by atoms with van der Waals surface area (Å²) < 4.78 is 5.87. The molecule has 3 N–H and O–H groups in total. The van der Waals surface area contributed by atoms with Gasteiger partial charge >= 0.3 is 0 Å². The van der Waals surface area contributed by atoms with Crippen LogP contribution in [-0.4, -0.2) is 13.0 Å². The molecular weight excluding hydrogens is 344 g/mol. The zero-order chi connectivity index (χ0) is 14.7. The normalized spacial score (nSPS) is 10.2. The molecule has 2 aromatic rings. The van der Waals surface area contributed by atoms with Gasteiger partial charge in [0.1, 0.15) is 5.75 Å². The molecule has 1 amide bonds. The first-order chi connectivity index (χ1) is 9.52. The van der Waals surface area contributed by atoms with Crippen LogP contribution in [0, 0.1) is 0 Å². The lowest BCUT2D eigenvalue weighted by atomic mass is 10.1. The van der Waals surface area contributed by atoms with Crippen LogP contribution in [0.2, 0.25) is 5.02 Å². The highest BCUT2D eigenvalue weighted by atomic mass is 79.9. The molecule has 20 heavy (non-hydrogen) atoms. The maximum absolute atomic E-state index is 12.2. The minimum absolute atomic E-state index is 0.265. The molecule has 0 unspecified atom stereocenters. The summed E-state index contributed by atoms with van der Waals surface area (Å²) in [4.78, 5) is 12.2. The highest BCUT2D eigenvalue weighted by Gasteiger charge is 2.14. The van der Waals surface area contributed by atoms with Gasteiger partial charge in [0.15, 0.2) is 0 Å². The van der Waals surface area contributed by atoms with Gasteiger partial charge in [-0.3, -0.25) is 4.79 Å². The standard InChI is InChI=1S/C14H12BrClN2O2/c1-20-12-6-5-8(7-9(12)15)18-14(19)13-10(16)3-2-4-11(13)17/h2-7H,17H2,1H3,(H,18,19). The molecule has 0 aliphatic carbocycles. The van der Waals surface area contributed by atoms with Gasteiger partial charge in [0.25, 0.3) is 5.91 Å². The van der Waals surface area contributed by atoms with E-state index in [4.69, 9.17) is 22.1 Å². The van der Waals surface area contributed by atoms with Crippen molar-refractivity contribution in [3.63, 3.8) is 0 Å². The van der Waals surface area contributed by atoms with Crippen molar-refractivity contribution in [1.82, 2.24) is 0 Å². The van der Waals surface area contributed by atoms with E-state index in [0.29, 0.717) is 22.1 Å². The molecule has 2 aromatic carbocycles. The van der Waals surface area contributed by atoms with Crippen molar-refractivity contribution in [1.29, 1.82) is 0 Å². The largest absolute Gasteiger partial charge is 0.496 e. The summed E-state index contributed by atoms with van der Waals surface area (Å²) in [5.41, 5.74) is 6.99. The van der Waals surface area contributed by atoms with Crippen LogP contribution in [0.15, 0.2) is 40.9 Å². The molecule has 4 nitrogen and oxygen atoms in total. The maximum Gasteiger partial charge on any atom is 0.259 e. The van der Waals surface area contributed by atoms with E-state index in [9.17, 15) is 4.79 Å². The molecule has 0 fully saturated rings. The molecule has 0 aliphatic rings. The first-order valence-corrected chi connectivity index (χ1v) is 6.89. The number of rotatable bonds is 3. The first-order valence-electron chi connectivity index (χ1n) is 5.72. The van der Waals surface area contributed by atoms with Crippen molar-refractivity contribution >= 4 is 44.8 Å². The van der Waals surface area contributed by atoms with Gasteiger partial charge in [-0.2, -0.15) is 0 Å². The third-order valence-corrected chi connectivity index (χ3v) is 3.62. The Kier molecular flexibility index (Phi) is 4.52. The average Bonchev–Trinajstić information content (AvgIpc) is 2.38. The first kappa shape index (κ1) is 14.7. The predicted octanol–water partition coefficient (Wildman–Crippen LogP) is 3.95. The fourth-order valence-corrected chi connectivity index (χ4v) is 2.53. The summed E-state index contributed by atoms with van der Waals surface area (Å²) >= 11 is 9.35. The second-order valence-electron chi connectivity index (χ2n) is 4.01. The summed E-state index contributed by atoms with van der Waals surface area (Å²) in [7, 11) is 1.57. The topological polar surface area (TPSA) is 64.3 Å². The number of hydrogen-bond donors (Lipinski definition) is 2. The Hall–Kier alpha value is -1.72.